The van der Waals surface area contributed by atoms with E-state index >= 15 is 0 Å². The number of carbonyl (C=O) groups is 2. The van der Waals surface area contributed by atoms with E-state index in [-0.39, 0.29) is 11.4 Å². The molecule has 1 N–H and O–H groups in total. The van der Waals surface area contributed by atoms with Crippen LogP contribution in [0, 0.1) is 10.8 Å². The van der Waals surface area contributed by atoms with Crippen LogP contribution in [0.15, 0.2) is 0 Å². The van der Waals surface area contributed by atoms with Crippen molar-refractivity contribution in [2.45, 2.75) is 203 Å². The van der Waals surface area contributed by atoms with Crippen molar-refractivity contribution in [1.29, 1.82) is 0 Å². The predicted molar refractivity (Wildman–Crippen MR) is 174 cm³/mol. The Labute approximate surface area is 251 Å². The fourth-order valence-corrected chi connectivity index (χ4v) is 4.66. The van der Waals surface area contributed by atoms with Gasteiger partial charge in [0, 0.05) is 0 Å². The SMILES string of the molecule is CCCCCCCCCCCCCCC(C)(C)C(=O)O.CCCCCCCCCCCCCOC(=O)C(C)(C)C. The molecule has 0 radical (unpaired) electrons. The average Bonchev–Trinajstić information content (AvgIpc) is 2.89. The average molecular weight is 569 g/mol. The molecular formula is C36H72O4. The molecule has 0 bridgehead atoms. The minimum atomic E-state index is -0.666. The molecule has 0 aliphatic heterocycles. The van der Waals surface area contributed by atoms with Gasteiger partial charge in [-0.25, -0.2) is 0 Å². The van der Waals surface area contributed by atoms with Gasteiger partial charge in [0.05, 0.1) is 17.4 Å². The molecule has 4 heteroatoms. The number of carboxylic acids is 1. The van der Waals surface area contributed by atoms with E-state index < -0.39 is 11.4 Å². The summed E-state index contributed by atoms with van der Waals surface area (Å²) < 4.78 is 5.25. The molecule has 0 unspecified atom stereocenters. The first kappa shape index (κ1) is 41.1. The second kappa shape index (κ2) is 28.1. The molecule has 4 nitrogen and oxygen atoms in total. The first-order valence-corrected chi connectivity index (χ1v) is 17.4. The number of carboxylic acid groups (broad SMARTS) is 1. The van der Waals surface area contributed by atoms with Crippen molar-refractivity contribution in [1.82, 2.24) is 0 Å². The summed E-state index contributed by atoms with van der Waals surface area (Å²) in [7, 11) is 0. The number of rotatable bonds is 26. The molecular weight excluding hydrogens is 496 g/mol. The van der Waals surface area contributed by atoms with E-state index in [1.165, 1.54) is 135 Å². The maximum Gasteiger partial charge on any atom is 0.311 e. The van der Waals surface area contributed by atoms with E-state index in [4.69, 9.17) is 9.84 Å². The molecule has 40 heavy (non-hydrogen) atoms. The number of hydrogen-bond acceptors (Lipinski definition) is 3. The molecule has 0 saturated heterocycles. The molecule has 0 aromatic carbocycles. The van der Waals surface area contributed by atoms with E-state index in [1.54, 1.807) is 0 Å². The first-order chi connectivity index (χ1) is 19.0. The van der Waals surface area contributed by atoms with Gasteiger partial charge in [0.2, 0.25) is 0 Å². The minimum absolute atomic E-state index is 0.0791. The second-order valence-corrected chi connectivity index (χ2v) is 13.7. The van der Waals surface area contributed by atoms with Gasteiger partial charge in [0.15, 0.2) is 0 Å². The summed E-state index contributed by atoms with van der Waals surface area (Å²) in [4.78, 5) is 22.5. The van der Waals surface area contributed by atoms with Crippen LogP contribution < -0.4 is 0 Å². The van der Waals surface area contributed by atoms with Gasteiger partial charge in [-0.3, -0.25) is 9.59 Å². The second-order valence-electron chi connectivity index (χ2n) is 13.7. The number of hydrogen-bond donors (Lipinski definition) is 1. The number of ether oxygens (including phenoxy) is 1. The summed E-state index contributed by atoms with van der Waals surface area (Å²) >= 11 is 0. The van der Waals surface area contributed by atoms with Crippen molar-refractivity contribution in [3.05, 3.63) is 0 Å². The smallest absolute Gasteiger partial charge is 0.311 e. The standard InChI is InChI=1S/2C18H36O2/c1-5-6-7-8-9-10-11-12-13-14-15-16-20-17(19)18(2,3)4;1-4-5-6-7-8-9-10-11-12-13-14-15-16-18(2,3)17(19)20/h5-16H2,1-4H3;4-16H2,1-3H3,(H,19,20). The van der Waals surface area contributed by atoms with Crippen LogP contribution in [0.1, 0.15) is 203 Å². The van der Waals surface area contributed by atoms with Gasteiger partial charge >= 0.3 is 11.9 Å². The number of aliphatic carboxylic acids is 1. The quantitative estimate of drug-likeness (QED) is 0.0832. The Hall–Kier alpha value is -1.06. The van der Waals surface area contributed by atoms with Crippen molar-refractivity contribution in [3.63, 3.8) is 0 Å². The van der Waals surface area contributed by atoms with Crippen LogP contribution in [0.2, 0.25) is 0 Å². The van der Waals surface area contributed by atoms with Gasteiger partial charge in [-0.2, -0.15) is 0 Å². The normalized spacial score (nSPS) is 11.7. The maximum atomic E-state index is 11.5. The van der Waals surface area contributed by atoms with Crippen LogP contribution in [0.5, 0.6) is 0 Å². The van der Waals surface area contributed by atoms with Gasteiger partial charge in [0.1, 0.15) is 0 Å². The third-order valence-electron chi connectivity index (χ3n) is 7.83. The Bertz CT molecular complexity index is 562. The summed E-state index contributed by atoms with van der Waals surface area (Å²) in [6, 6.07) is 0. The Morgan fingerprint density at radius 3 is 1.10 bits per heavy atom. The van der Waals surface area contributed by atoms with Crippen molar-refractivity contribution in [3.8, 4) is 0 Å². The fourth-order valence-electron chi connectivity index (χ4n) is 4.66. The van der Waals surface area contributed by atoms with Gasteiger partial charge in [-0.1, -0.05) is 155 Å². The first-order valence-electron chi connectivity index (χ1n) is 17.4. The van der Waals surface area contributed by atoms with Crippen LogP contribution in [-0.4, -0.2) is 23.7 Å². The van der Waals surface area contributed by atoms with E-state index in [0.29, 0.717) is 6.61 Å². The number of unbranched alkanes of at least 4 members (excludes halogenated alkanes) is 21. The van der Waals surface area contributed by atoms with Crippen molar-refractivity contribution in [2.75, 3.05) is 6.61 Å². The molecule has 0 atom stereocenters. The highest BCUT2D eigenvalue weighted by molar-refractivity contribution is 5.75. The molecule has 0 aromatic heterocycles. The molecule has 0 saturated carbocycles. The third kappa shape index (κ3) is 29.9. The van der Waals surface area contributed by atoms with E-state index in [0.717, 1.165) is 19.3 Å². The monoisotopic (exact) mass is 569 g/mol. The van der Waals surface area contributed by atoms with Crippen molar-refractivity contribution >= 4 is 11.9 Å². The predicted octanol–water partition coefficient (Wildman–Crippen LogP) is 12.1. The molecule has 0 rings (SSSR count). The lowest BCUT2D eigenvalue weighted by Gasteiger charge is -2.18. The van der Waals surface area contributed by atoms with Crippen molar-refractivity contribution in [2.24, 2.45) is 10.8 Å². The highest BCUT2D eigenvalue weighted by Gasteiger charge is 2.26. The highest BCUT2D eigenvalue weighted by atomic mass is 16.5. The molecule has 0 aromatic rings. The van der Waals surface area contributed by atoms with Crippen LogP contribution in [0.25, 0.3) is 0 Å². The van der Waals surface area contributed by atoms with Crippen LogP contribution in [0.3, 0.4) is 0 Å². The zero-order valence-corrected chi connectivity index (χ0v) is 28.3. The molecule has 0 aliphatic rings. The van der Waals surface area contributed by atoms with E-state index in [9.17, 15) is 9.59 Å². The summed E-state index contributed by atoms with van der Waals surface area (Å²) in [5.41, 5.74) is -0.906. The molecule has 0 amide bonds. The lowest BCUT2D eigenvalue weighted by molar-refractivity contribution is -0.153. The number of esters is 1. The van der Waals surface area contributed by atoms with Crippen molar-refractivity contribution < 1.29 is 19.4 Å². The number of carbonyl (C=O) groups excluding carboxylic acids is 1. The summed E-state index contributed by atoms with van der Waals surface area (Å²) in [6.07, 6.45) is 31.3. The molecule has 0 spiro atoms. The van der Waals surface area contributed by atoms with Gasteiger partial charge in [0.25, 0.3) is 0 Å². The van der Waals surface area contributed by atoms with Crippen LogP contribution in [0.4, 0.5) is 0 Å². The van der Waals surface area contributed by atoms with Gasteiger partial charge in [-0.15, -0.1) is 0 Å². The zero-order chi connectivity index (χ0) is 30.5. The maximum absolute atomic E-state index is 11.5. The summed E-state index contributed by atoms with van der Waals surface area (Å²) in [6.45, 7) is 14.5. The summed E-state index contributed by atoms with van der Waals surface area (Å²) in [5.74, 6) is -0.745. The lowest BCUT2D eigenvalue weighted by atomic mass is 9.87. The molecule has 0 aliphatic carbocycles. The fraction of sp³-hybridized carbons (Fsp3) is 0.944. The summed E-state index contributed by atoms with van der Waals surface area (Å²) in [5, 5.41) is 9.02. The Balaban J connectivity index is 0. The minimum Gasteiger partial charge on any atom is -0.481 e. The molecule has 240 valence electrons. The largest absolute Gasteiger partial charge is 0.481 e. The van der Waals surface area contributed by atoms with Gasteiger partial charge < -0.3 is 9.84 Å². The van der Waals surface area contributed by atoms with Crippen LogP contribution >= 0.6 is 0 Å². The van der Waals surface area contributed by atoms with E-state index in [1.807, 2.05) is 34.6 Å². The highest BCUT2D eigenvalue weighted by Crippen LogP contribution is 2.24. The zero-order valence-electron chi connectivity index (χ0n) is 28.3. The Morgan fingerprint density at radius 2 is 0.800 bits per heavy atom. The van der Waals surface area contributed by atoms with Crippen LogP contribution in [-0.2, 0) is 14.3 Å². The van der Waals surface area contributed by atoms with Gasteiger partial charge in [-0.05, 0) is 47.5 Å². The Kier molecular flexibility index (Phi) is 28.8. The lowest BCUT2D eigenvalue weighted by Crippen LogP contribution is -2.23. The molecule has 0 heterocycles. The van der Waals surface area contributed by atoms with E-state index in [2.05, 4.69) is 13.8 Å². The molecule has 0 fully saturated rings. The topological polar surface area (TPSA) is 63.6 Å². The Morgan fingerprint density at radius 1 is 0.500 bits per heavy atom. The third-order valence-corrected chi connectivity index (χ3v) is 7.83.